The molecule has 0 fully saturated rings. The van der Waals surface area contributed by atoms with Crippen molar-refractivity contribution in [3.05, 3.63) is 48.2 Å². The van der Waals surface area contributed by atoms with Crippen molar-refractivity contribution in [2.24, 2.45) is 0 Å². The molecule has 1 aromatic carbocycles. The minimum absolute atomic E-state index is 0.0214. The summed E-state index contributed by atoms with van der Waals surface area (Å²) in [7, 11) is 3.81. The third-order valence-electron chi connectivity index (χ3n) is 3.74. The molecule has 2 heterocycles. The van der Waals surface area contributed by atoms with Crippen LogP contribution in [0.1, 0.15) is 17.9 Å². The molecule has 5 heteroatoms. The minimum Gasteiger partial charge on any atom is -0.493 e. The van der Waals surface area contributed by atoms with Crippen molar-refractivity contribution in [3.63, 3.8) is 0 Å². The second-order valence-corrected chi connectivity index (χ2v) is 5.49. The second kappa shape index (κ2) is 6.05. The van der Waals surface area contributed by atoms with Crippen LogP contribution in [0.3, 0.4) is 0 Å². The second-order valence-electron chi connectivity index (χ2n) is 5.49. The summed E-state index contributed by atoms with van der Waals surface area (Å²) in [5.41, 5.74) is 1.67. The highest BCUT2D eigenvalue weighted by Gasteiger charge is 2.28. The van der Waals surface area contributed by atoms with Crippen molar-refractivity contribution < 1.29 is 9.53 Å². The first-order chi connectivity index (χ1) is 10.7. The van der Waals surface area contributed by atoms with Crippen LogP contribution in [0.4, 0.5) is 11.5 Å². The zero-order valence-corrected chi connectivity index (χ0v) is 12.7. The summed E-state index contributed by atoms with van der Waals surface area (Å²) >= 11 is 0. The number of fused-ring (bicyclic) bond motifs is 1. The van der Waals surface area contributed by atoms with E-state index in [1.807, 2.05) is 55.4 Å². The van der Waals surface area contributed by atoms with Crippen molar-refractivity contribution >= 4 is 17.4 Å². The Balaban J connectivity index is 1.85. The molecular weight excluding hydrogens is 278 g/mol. The molecule has 1 aliphatic rings. The first-order valence-corrected chi connectivity index (χ1v) is 7.32. The van der Waals surface area contributed by atoms with Gasteiger partial charge in [-0.2, -0.15) is 0 Å². The molecule has 0 unspecified atom stereocenters. The normalized spacial score (nSPS) is 16.4. The van der Waals surface area contributed by atoms with Crippen molar-refractivity contribution in [2.45, 2.75) is 12.3 Å². The summed E-state index contributed by atoms with van der Waals surface area (Å²) in [5.74, 6) is 1.33. The van der Waals surface area contributed by atoms with Gasteiger partial charge in [0.15, 0.2) is 5.82 Å². The van der Waals surface area contributed by atoms with Crippen molar-refractivity contribution in [1.82, 2.24) is 4.98 Å². The average Bonchev–Trinajstić information content (AvgIpc) is 2.54. The molecule has 1 amide bonds. The van der Waals surface area contributed by atoms with Crippen molar-refractivity contribution in [2.75, 3.05) is 30.9 Å². The zero-order chi connectivity index (χ0) is 15.5. The highest BCUT2D eigenvalue weighted by Crippen LogP contribution is 2.34. The molecule has 0 saturated carbocycles. The lowest BCUT2D eigenvalue weighted by Gasteiger charge is -2.25. The number of ether oxygens (including phenoxy) is 1. The maximum atomic E-state index is 12.7. The molecule has 114 valence electrons. The van der Waals surface area contributed by atoms with Gasteiger partial charge in [0.05, 0.1) is 18.2 Å². The van der Waals surface area contributed by atoms with Gasteiger partial charge in [0.25, 0.3) is 0 Å². The van der Waals surface area contributed by atoms with Crippen LogP contribution < -0.4 is 15.0 Å². The minimum atomic E-state index is -0.194. The Morgan fingerprint density at radius 1 is 1.27 bits per heavy atom. The summed E-state index contributed by atoms with van der Waals surface area (Å²) < 4.78 is 5.62. The van der Waals surface area contributed by atoms with Gasteiger partial charge in [-0.25, -0.2) is 4.98 Å². The lowest BCUT2D eigenvalue weighted by atomic mass is 9.92. The Hall–Kier alpha value is -2.56. The van der Waals surface area contributed by atoms with Gasteiger partial charge in [-0.05, 0) is 24.6 Å². The number of nitrogens with zero attached hydrogens (tertiary/aromatic N) is 2. The van der Waals surface area contributed by atoms with Crippen molar-refractivity contribution in [3.8, 4) is 5.75 Å². The molecule has 2 aromatic rings. The van der Waals surface area contributed by atoms with E-state index >= 15 is 0 Å². The summed E-state index contributed by atoms with van der Waals surface area (Å²) in [4.78, 5) is 18.9. The van der Waals surface area contributed by atoms with Crippen LogP contribution in [0.5, 0.6) is 5.75 Å². The first kappa shape index (κ1) is 14.4. The average molecular weight is 297 g/mol. The molecule has 1 atom stereocenters. The van der Waals surface area contributed by atoms with Gasteiger partial charge >= 0.3 is 0 Å². The number of nitrogens with one attached hydrogen (secondary N) is 1. The van der Waals surface area contributed by atoms with E-state index in [4.69, 9.17) is 4.74 Å². The molecule has 22 heavy (non-hydrogen) atoms. The van der Waals surface area contributed by atoms with Gasteiger partial charge in [-0.1, -0.05) is 18.2 Å². The van der Waals surface area contributed by atoms with Gasteiger partial charge in [0, 0.05) is 25.9 Å². The number of rotatable bonds is 3. The lowest BCUT2D eigenvalue weighted by molar-refractivity contribution is -0.118. The molecule has 0 bridgehead atoms. The maximum absolute atomic E-state index is 12.7. The van der Waals surface area contributed by atoms with E-state index in [0.717, 1.165) is 22.8 Å². The molecule has 5 nitrogen and oxygen atoms in total. The smallest absolute Gasteiger partial charge is 0.232 e. The highest BCUT2D eigenvalue weighted by atomic mass is 16.5. The van der Waals surface area contributed by atoms with E-state index < -0.39 is 0 Å². The number of carbonyl (C=O) groups is 1. The van der Waals surface area contributed by atoms with E-state index in [0.29, 0.717) is 13.0 Å². The van der Waals surface area contributed by atoms with Crippen LogP contribution in [0.25, 0.3) is 0 Å². The van der Waals surface area contributed by atoms with E-state index in [-0.39, 0.29) is 11.8 Å². The van der Waals surface area contributed by atoms with E-state index in [1.165, 1.54) is 0 Å². The largest absolute Gasteiger partial charge is 0.493 e. The number of carbonyl (C=O) groups excluding carboxylic acids is 1. The number of aromatic nitrogens is 1. The molecule has 1 aromatic heterocycles. The number of para-hydroxylation sites is 1. The number of hydrogen-bond donors (Lipinski definition) is 1. The maximum Gasteiger partial charge on any atom is 0.232 e. The van der Waals surface area contributed by atoms with Crippen LogP contribution >= 0.6 is 0 Å². The summed E-state index contributed by atoms with van der Waals surface area (Å²) in [5, 5.41) is 3.00. The van der Waals surface area contributed by atoms with E-state index in [2.05, 4.69) is 10.3 Å². The number of anilines is 2. The highest BCUT2D eigenvalue weighted by molar-refractivity contribution is 5.98. The monoisotopic (exact) mass is 297 g/mol. The summed E-state index contributed by atoms with van der Waals surface area (Å²) in [6.45, 7) is 0.558. The quantitative estimate of drug-likeness (QED) is 0.946. The Morgan fingerprint density at radius 3 is 2.91 bits per heavy atom. The lowest BCUT2D eigenvalue weighted by Crippen LogP contribution is -2.27. The fraction of sp³-hybridized carbons (Fsp3) is 0.294. The fourth-order valence-corrected chi connectivity index (χ4v) is 2.69. The molecular formula is C17H19N3O2. The standard InChI is InChI=1S/C17H19N3O2/c1-20(2)16-14(7-5-10-18-16)19-17(21)13-9-11-22-15-8-4-3-6-12(13)15/h3-8,10,13H,9,11H2,1-2H3,(H,19,21)/t13-/m1/s1. The van der Waals surface area contributed by atoms with Crippen LogP contribution in [-0.2, 0) is 4.79 Å². The van der Waals surface area contributed by atoms with Crippen LogP contribution in [0, 0.1) is 0 Å². The number of amides is 1. The van der Waals surface area contributed by atoms with Gasteiger partial charge < -0.3 is 15.0 Å². The predicted molar refractivity (Wildman–Crippen MR) is 86.5 cm³/mol. The zero-order valence-electron chi connectivity index (χ0n) is 12.7. The van der Waals surface area contributed by atoms with Gasteiger partial charge in [0.1, 0.15) is 5.75 Å². The molecule has 0 aliphatic carbocycles. The Bertz CT molecular complexity index is 685. The summed E-state index contributed by atoms with van der Waals surface area (Å²) in [6.07, 6.45) is 2.40. The SMILES string of the molecule is CN(C)c1ncccc1NC(=O)[C@@H]1CCOc2ccccc21. The Morgan fingerprint density at radius 2 is 2.09 bits per heavy atom. The molecule has 0 saturated heterocycles. The van der Waals surface area contributed by atoms with Crippen LogP contribution in [0.2, 0.25) is 0 Å². The van der Waals surface area contributed by atoms with Crippen LogP contribution in [-0.4, -0.2) is 31.6 Å². The molecule has 0 spiro atoms. The predicted octanol–water partition coefficient (Wildman–Crippen LogP) is 2.65. The Labute approximate surface area is 129 Å². The van der Waals surface area contributed by atoms with E-state index in [1.54, 1.807) is 6.20 Å². The molecule has 1 aliphatic heterocycles. The van der Waals surface area contributed by atoms with Gasteiger partial charge in [0.2, 0.25) is 5.91 Å². The molecule has 1 N–H and O–H groups in total. The first-order valence-electron chi connectivity index (χ1n) is 7.32. The van der Waals surface area contributed by atoms with E-state index in [9.17, 15) is 4.79 Å². The fourth-order valence-electron chi connectivity index (χ4n) is 2.69. The number of benzene rings is 1. The topological polar surface area (TPSA) is 54.5 Å². The Kier molecular flexibility index (Phi) is 3.96. The molecule has 0 radical (unpaired) electrons. The third kappa shape index (κ3) is 2.74. The third-order valence-corrected chi connectivity index (χ3v) is 3.74. The van der Waals surface area contributed by atoms with Crippen molar-refractivity contribution in [1.29, 1.82) is 0 Å². The molecule has 3 rings (SSSR count). The number of pyridine rings is 1. The summed E-state index contributed by atoms with van der Waals surface area (Å²) in [6, 6.07) is 11.4. The van der Waals surface area contributed by atoms with Crippen LogP contribution in [0.15, 0.2) is 42.6 Å². The van der Waals surface area contributed by atoms with Gasteiger partial charge in [-0.3, -0.25) is 4.79 Å². The number of hydrogen-bond acceptors (Lipinski definition) is 4. The van der Waals surface area contributed by atoms with Gasteiger partial charge in [-0.15, -0.1) is 0 Å².